The number of hydrogen-bond donors (Lipinski definition) is 2. The number of nitrogens with two attached hydrogens (primary N) is 1. The van der Waals surface area contributed by atoms with Crippen molar-refractivity contribution >= 4 is 29.0 Å². The molecule has 4 nitrogen and oxygen atoms in total. The van der Waals surface area contributed by atoms with Gasteiger partial charge in [-0.2, -0.15) is 0 Å². The van der Waals surface area contributed by atoms with Crippen LogP contribution < -0.4 is 11.1 Å². The zero-order valence-electron chi connectivity index (χ0n) is 10.9. The Morgan fingerprint density at radius 2 is 2.10 bits per heavy atom. The van der Waals surface area contributed by atoms with E-state index in [2.05, 4.69) is 16.4 Å². The van der Waals surface area contributed by atoms with Gasteiger partial charge in [0, 0.05) is 5.69 Å². The number of aromatic nitrogens is 1. The van der Waals surface area contributed by atoms with Gasteiger partial charge in [-0.25, -0.2) is 4.98 Å². The predicted molar refractivity (Wildman–Crippen MR) is 81.7 cm³/mol. The number of nitrogen functional groups attached to an aromatic ring is 1. The summed E-state index contributed by atoms with van der Waals surface area (Å²) in [7, 11) is 0. The molecule has 2 aromatic rings. The molecule has 0 bridgehead atoms. The van der Waals surface area contributed by atoms with Crippen LogP contribution in [0.5, 0.6) is 0 Å². The summed E-state index contributed by atoms with van der Waals surface area (Å²) in [5.41, 5.74) is 8.36. The van der Waals surface area contributed by atoms with E-state index >= 15 is 0 Å². The van der Waals surface area contributed by atoms with E-state index in [9.17, 15) is 4.79 Å². The van der Waals surface area contributed by atoms with E-state index in [-0.39, 0.29) is 11.2 Å². The van der Waals surface area contributed by atoms with Crippen molar-refractivity contribution in [3.8, 4) is 0 Å². The lowest BCUT2D eigenvalue weighted by Crippen LogP contribution is -2.23. The van der Waals surface area contributed by atoms with E-state index in [1.165, 1.54) is 17.3 Å². The highest BCUT2D eigenvalue weighted by atomic mass is 32.2. The van der Waals surface area contributed by atoms with Crippen LogP contribution in [0.4, 0.5) is 11.4 Å². The Labute approximate surface area is 121 Å². The Hall–Kier alpha value is -2.01. The number of thioether (sulfide) groups is 1. The Kier molecular flexibility index (Phi) is 3.60. The first-order valence-corrected chi connectivity index (χ1v) is 7.37. The predicted octanol–water partition coefficient (Wildman–Crippen LogP) is 2.71. The lowest BCUT2D eigenvalue weighted by Gasteiger charge is -2.12. The van der Waals surface area contributed by atoms with Crippen LogP contribution in [0.25, 0.3) is 0 Å². The number of fused-ring (bicyclic) bond motifs is 1. The number of hydrogen-bond acceptors (Lipinski definition) is 4. The highest BCUT2D eigenvalue weighted by molar-refractivity contribution is 8.00. The van der Waals surface area contributed by atoms with Gasteiger partial charge in [-0.1, -0.05) is 30.0 Å². The minimum Gasteiger partial charge on any atom is -0.397 e. The molecule has 0 saturated carbocycles. The second-order valence-corrected chi connectivity index (χ2v) is 5.94. The van der Waals surface area contributed by atoms with Crippen molar-refractivity contribution in [3.05, 3.63) is 48.2 Å². The van der Waals surface area contributed by atoms with Crippen LogP contribution in [0.1, 0.15) is 12.0 Å². The molecule has 0 saturated heterocycles. The highest BCUT2D eigenvalue weighted by Crippen LogP contribution is 2.30. The lowest BCUT2D eigenvalue weighted by atomic mass is 10.1. The molecule has 0 radical (unpaired) electrons. The summed E-state index contributed by atoms with van der Waals surface area (Å²) in [5, 5.41) is 3.69. The number of para-hydroxylation sites is 1. The molecule has 1 unspecified atom stereocenters. The van der Waals surface area contributed by atoms with E-state index in [4.69, 9.17) is 5.73 Å². The Morgan fingerprint density at radius 1 is 1.25 bits per heavy atom. The fourth-order valence-electron chi connectivity index (χ4n) is 2.21. The van der Waals surface area contributed by atoms with Gasteiger partial charge < -0.3 is 11.1 Å². The first kappa shape index (κ1) is 13.0. The number of nitrogens with one attached hydrogen (secondary N) is 1. The number of aryl methyl sites for hydroxylation is 1. The standard InChI is InChI=1S/C15H15N3OS/c16-11-6-8-14(17-9-11)20-13-7-5-10-3-1-2-4-12(10)18-15(13)19/h1-4,6,8-9,13H,5,7,16H2,(H,18,19). The number of benzene rings is 1. The maximum atomic E-state index is 12.3. The van der Waals surface area contributed by atoms with Crippen LogP contribution in [0.2, 0.25) is 0 Å². The largest absolute Gasteiger partial charge is 0.397 e. The molecule has 5 heteroatoms. The van der Waals surface area contributed by atoms with E-state index in [1.54, 1.807) is 12.3 Å². The van der Waals surface area contributed by atoms with E-state index < -0.39 is 0 Å². The summed E-state index contributed by atoms with van der Waals surface area (Å²) in [6, 6.07) is 11.6. The number of anilines is 2. The molecule has 0 spiro atoms. The molecule has 102 valence electrons. The van der Waals surface area contributed by atoms with Crippen molar-refractivity contribution < 1.29 is 4.79 Å². The third kappa shape index (κ3) is 2.77. The Balaban J connectivity index is 1.76. The third-order valence-electron chi connectivity index (χ3n) is 3.27. The molecular weight excluding hydrogens is 270 g/mol. The van der Waals surface area contributed by atoms with Gasteiger partial charge in [0.2, 0.25) is 5.91 Å². The minimum absolute atomic E-state index is 0.0403. The Bertz CT molecular complexity index is 627. The van der Waals surface area contributed by atoms with Gasteiger partial charge in [0.25, 0.3) is 0 Å². The number of rotatable bonds is 2. The van der Waals surface area contributed by atoms with Gasteiger partial charge in [0.05, 0.1) is 22.2 Å². The minimum atomic E-state index is -0.126. The zero-order chi connectivity index (χ0) is 13.9. The number of carbonyl (C=O) groups excluding carboxylic acids is 1. The quantitative estimate of drug-likeness (QED) is 0.890. The second-order valence-electron chi connectivity index (χ2n) is 4.72. The van der Waals surface area contributed by atoms with Crippen LogP contribution in [-0.4, -0.2) is 16.1 Å². The molecule has 2 heterocycles. The fraction of sp³-hybridized carbons (Fsp3) is 0.200. The van der Waals surface area contributed by atoms with E-state index in [0.717, 1.165) is 23.6 Å². The molecule has 0 aliphatic carbocycles. The van der Waals surface area contributed by atoms with Gasteiger partial charge in [-0.3, -0.25) is 4.79 Å². The van der Waals surface area contributed by atoms with Crippen molar-refractivity contribution in [1.29, 1.82) is 0 Å². The van der Waals surface area contributed by atoms with Gasteiger partial charge >= 0.3 is 0 Å². The maximum Gasteiger partial charge on any atom is 0.237 e. The summed E-state index contributed by atoms with van der Waals surface area (Å²) in [6.45, 7) is 0. The fourth-order valence-corrected chi connectivity index (χ4v) is 3.16. The van der Waals surface area contributed by atoms with Crippen LogP contribution in [0.3, 0.4) is 0 Å². The molecule has 1 aliphatic rings. The summed E-state index contributed by atoms with van der Waals surface area (Å²) in [6.07, 6.45) is 3.31. The number of carbonyl (C=O) groups is 1. The Morgan fingerprint density at radius 3 is 2.90 bits per heavy atom. The first-order chi connectivity index (χ1) is 9.72. The van der Waals surface area contributed by atoms with Crippen LogP contribution >= 0.6 is 11.8 Å². The average molecular weight is 285 g/mol. The number of pyridine rings is 1. The van der Waals surface area contributed by atoms with Crippen molar-refractivity contribution in [1.82, 2.24) is 4.98 Å². The summed E-state index contributed by atoms with van der Waals surface area (Å²) in [5.74, 6) is 0.0403. The maximum absolute atomic E-state index is 12.3. The monoisotopic (exact) mass is 285 g/mol. The van der Waals surface area contributed by atoms with Gasteiger partial charge in [-0.15, -0.1) is 0 Å². The number of amides is 1. The van der Waals surface area contributed by atoms with E-state index in [1.807, 2.05) is 24.3 Å². The van der Waals surface area contributed by atoms with Gasteiger partial charge in [0.15, 0.2) is 0 Å². The van der Waals surface area contributed by atoms with Crippen LogP contribution in [-0.2, 0) is 11.2 Å². The van der Waals surface area contributed by atoms with E-state index in [0.29, 0.717) is 5.69 Å². The van der Waals surface area contributed by atoms with Crippen molar-refractivity contribution in [3.63, 3.8) is 0 Å². The third-order valence-corrected chi connectivity index (χ3v) is 4.48. The molecule has 1 aromatic heterocycles. The highest BCUT2D eigenvalue weighted by Gasteiger charge is 2.24. The molecule has 20 heavy (non-hydrogen) atoms. The molecule has 0 fully saturated rings. The molecule has 1 aromatic carbocycles. The molecule has 3 rings (SSSR count). The van der Waals surface area contributed by atoms with Crippen LogP contribution in [0, 0.1) is 0 Å². The molecule has 1 atom stereocenters. The average Bonchev–Trinajstić information content (AvgIpc) is 2.61. The van der Waals surface area contributed by atoms with Crippen molar-refractivity contribution in [2.75, 3.05) is 11.1 Å². The number of nitrogens with zero attached hydrogens (tertiary/aromatic N) is 1. The smallest absolute Gasteiger partial charge is 0.237 e. The first-order valence-electron chi connectivity index (χ1n) is 6.49. The normalized spacial score (nSPS) is 18.0. The van der Waals surface area contributed by atoms with Crippen molar-refractivity contribution in [2.24, 2.45) is 0 Å². The lowest BCUT2D eigenvalue weighted by molar-refractivity contribution is -0.115. The van der Waals surface area contributed by atoms with Gasteiger partial charge in [-0.05, 0) is 36.6 Å². The second kappa shape index (κ2) is 5.54. The summed E-state index contributed by atoms with van der Waals surface area (Å²) in [4.78, 5) is 16.5. The van der Waals surface area contributed by atoms with Gasteiger partial charge in [0.1, 0.15) is 0 Å². The molecule has 1 amide bonds. The SMILES string of the molecule is Nc1ccc(SC2CCc3ccccc3NC2=O)nc1. The summed E-state index contributed by atoms with van der Waals surface area (Å²) < 4.78 is 0. The van der Waals surface area contributed by atoms with Crippen LogP contribution in [0.15, 0.2) is 47.6 Å². The zero-order valence-corrected chi connectivity index (χ0v) is 11.7. The summed E-state index contributed by atoms with van der Waals surface area (Å²) >= 11 is 1.49. The van der Waals surface area contributed by atoms with Crippen molar-refractivity contribution in [2.45, 2.75) is 23.1 Å². The molecular formula is C15H15N3OS. The molecule has 3 N–H and O–H groups in total. The topological polar surface area (TPSA) is 68.0 Å². The molecule has 1 aliphatic heterocycles.